The van der Waals surface area contributed by atoms with E-state index in [4.69, 9.17) is 4.74 Å². The highest BCUT2D eigenvalue weighted by Gasteiger charge is 2.20. The third kappa shape index (κ3) is 6.68. The number of rotatable bonds is 13. The topological polar surface area (TPSA) is 150 Å². The minimum Gasteiger partial charge on any atom is -0.465 e. The number of nitrogens with zero attached hydrogens (tertiary/aromatic N) is 2. The average molecular weight is 502 g/mol. The van der Waals surface area contributed by atoms with Gasteiger partial charge in [-0.3, -0.25) is 10.2 Å². The van der Waals surface area contributed by atoms with Crippen LogP contribution in [0, 0.1) is 0 Å². The Morgan fingerprint density at radius 3 is 2.69 bits per heavy atom. The molecule has 11 nitrogen and oxygen atoms in total. The number of anilines is 2. The van der Waals surface area contributed by atoms with E-state index in [1.54, 1.807) is 12.1 Å². The summed E-state index contributed by atoms with van der Waals surface area (Å²) >= 11 is 0. The van der Waals surface area contributed by atoms with Gasteiger partial charge in [0.1, 0.15) is 18.0 Å². The van der Waals surface area contributed by atoms with E-state index in [0.717, 1.165) is 48.1 Å². The number of aromatic nitrogens is 3. The molecule has 0 spiro atoms. The number of fused-ring (bicyclic) bond motifs is 1. The van der Waals surface area contributed by atoms with Crippen LogP contribution in [-0.2, 0) is 26.1 Å². The number of carbonyl (C=O) groups excluding carboxylic acids is 1. The van der Waals surface area contributed by atoms with Crippen LogP contribution in [0.3, 0.4) is 0 Å². The summed E-state index contributed by atoms with van der Waals surface area (Å²) in [5.74, 6) is 0.622. The minimum atomic E-state index is -3.81. The largest absolute Gasteiger partial charge is 0.465 e. The molecular formula is C23H31N7O4S. The fourth-order valence-corrected chi connectivity index (χ4v) is 4.45. The zero-order chi connectivity index (χ0) is 24.7. The summed E-state index contributed by atoms with van der Waals surface area (Å²) in [7, 11) is -3.81. The molecule has 0 saturated heterocycles. The molecule has 0 radical (unpaired) electrons. The van der Waals surface area contributed by atoms with Crippen molar-refractivity contribution in [3.8, 4) is 0 Å². The van der Waals surface area contributed by atoms with Crippen LogP contribution in [0.1, 0.15) is 44.6 Å². The molecule has 35 heavy (non-hydrogen) atoms. The summed E-state index contributed by atoms with van der Waals surface area (Å²) in [6.45, 7) is 2.28. The van der Waals surface area contributed by atoms with Crippen LogP contribution in [-0.4, -0.2) is 48.5 Å². The Morgan fingerprint density at radius 2 is 1.97 bits per heavy atom. The lowest BCUT2D eigenvalue weighted by atomic mass is 9.93. The monoisotopic (exact) mass is 501 g/mol. The molecule has 0 amide bonds. The SMILES string of the molecule is CCCCOC(=O)CNS(=O)(=O)c1ccc(CNNc2nc(NC3CCC3)c3cc[nH]c3n2)cc1. The van der Waals surface area contributed by atoms with E-state index in [2.05, 4.69) is 35.8 Å². The summed E-state index contributed by atoms with van der Waals surface area (Å²) in [6, 6.07) is 8.77. The molecule has 12 heteroatoms. The number of ether oxygens (including phenoxy) is 1. The second kappa shape index (κ2) is 11.5. The van der Waals surface area contributed by atoms with Gasteiger partial charge in [-0.05, 0) is 49.4 Å². The van der Waals surface area contributed by atoms with Gasteiger partial charge in [0.15, 0.2) is 0 Å². The van der Waals surface area contributed by atoms with E-state index in [-0.39, 0.29) is 11.5 Å². The van der Waals surface area contributed by atoms with Crippen molar-refractivity contribution in [3.05, 3.63) is 42.1 Å². The third-order valence-electron chi connectivity index (χ3n) is 5.76. The van der Waals surface area contributed by atoms with Gasteiger partial charge in [0.05, 0.1) is 16.9 Å². The molecule has 3 aromatic rings. The van der Waals surface area contributed by atoms with Crippen LogP contribution < -0.4 is 20.9 Å². The van der Waals surface area contributed by atoms with Crippen molar-refractivity contribution < 1.29 is 17.9 Å². The molecule has 5 N–H and O–H groups in total. The van der Waals surface area contributed by atoms with Gasteiger partial charge in [0.2, 0.25) is 16.0 Å². The summed E-state index contributed by atoms with van der Waals surface area (Å²) in [5, 5.41) is 4.42. The highest BCUT2D eigenvalue weighted by atomic mass is 32.2. The van der Waals surface area contributed by atoms with Gasteiger partial charge < -0.3 is 15.0 Å². The molecule has 1 saturated carbocycles. The molecular weight excluding hydrogens is 470 g/mol. The van der Waals surface area contributed by atoms with Gasteiger partial charge in [0.25, 0.3) is 0 Å². The lowest BCUT2D eigenvalue weighted by molar-refractivity contribution is -0.142. The van der Waals surface area contributed by atoms with Crippen molar-refractivity contribution in [2.24, 2.45) is 0 Å². The van der Waals surface area contributed by atoms with E-state index in [1.807, 2.05) is 19.2 Å². The van der Waals surface area contributed by atoms with Crippen LogP contribution in [0.25, 0.3) is 11.0 Å². The number of benzene rings is 1. The maximum atomic E-state index is 12.4. The quantitative estimate of drug-likeness (QED) is 0.135. The summed E-state index contributed by atoms with van der Waals surface area (Å²) in [4.78, 5) is 23.9. The highest BCUT2D eigenvalue weighted by Crippen LogP contribution is 2.27. The van der Waals surface area contributed by atoms with Gasteiger partial charge in [0, 0.05) is 18.8 Å². The number of carbonyl (C=O) groups is 1. The number of unbranched alkanes of at least 4 members (excludes halogenated alkanes) is 1. The van der Waals surface area contributed by atoms with Crippen LogP contribution in [0.5, 0.6) is 0 Å². The first-order valence-corrected chi connectivity index (χ1v) is 13.3. The zero-order valence-corrected chi connectivity index (χ0v) is 20.5. The van der Waals surface area contributed by atoms with Crippen molar-refractivity contribution >= 4 is 38.8 Å². The Balaban J connectivity index is 1.29. The molecule has 1 fully saturated rings. The fourth-order valence-electron chi connectivity index (χ4n) is 3.48. The number of H-pyrrole nitrogens is 1. The molecule has 1 aliphatic rings. The van der Waals surface area contributed by atoms with E-state index in [1.165, 1.54) is 18.6 Å². The van der Waals surface area contributed by atoms with Gasteiger partial charge in [-0.25, -0.2) is 13.8 Å². The first-order valence-electron chi connectivity index (χ1n) is 11.8. The standard InChI is InChI=1S/C23H31N7O4S/c1-2-3-13-34-20(31)15-26-35(32,33)18-9-7-16(8-10-18)14-25-30-23-28-21-19(11-12-24-21)22(29-23)27-17-5-4-6-17/h7-12,17,25-26H,2-6,13-15H2,1H3,(H3,24,27,28,29,30). The van der Waals surface area contributed by atoms with E-state index in [0.29, 0.717) is 18.5 Å². The summed E-state index contributed by atoms with van der Waals surface area (Å²) in [6.07, 6.45) is 6.98. The highest BCUT2D eigenvalue weighted by molar-refractivity contribution is 7.89. The van der Waals surface area contributed by atoms with Gasteiger partial charge in [-0.15, -0.1) is 0 Å². The number of hydrogen-bond donors (Lipinski definition) is 5. The smallest absolute Gasteiger partial charge is 0.321 e. The lowest BCUT2D eigenvalue weighted by Gasteiger charge is -2.27. The molecule has 0 atom stereocenters. The summed E-state index contributed by atoms with van der Waals surface area (Å²) in [5.41, 5.74) is 7.66. The number of hydrazine groups is 1. The van der Waals surface area contributed by atoms with Gasteiger partial charge in [-0.1, -0.05) is 25.5 Å². The third-order valence-corrected chi connectivity index (χ3v) is 7.17. The van der Waals surface area contributed by atoms with Crippen LogP contribution in [0.15, 0.2) is 41.4 Å². The predicted molar refractivity (Wildman–Crippen MR) is 133 cm³/mol. The van der Waals surface area contributed by atoms with E-state index >= 15 is 0 Å². The van der Waals surface area contributed by atoms with Crippen molar-refractivity contribution in [1.82, 2.24) is 25.1 Å². The summed E-state index contributed by atoms with van der Waals surface area (Å²) < 4.78 is 32.1. The lowest BCUT2D eigenvalue weighted by Crippen LogP contribution is -2.31. The number of nitrogens with one attached hydrogen (secondary N) is 5. The molecule has 1 aromatic carbocycles. The van der Waals surface area contributed by atoms with E-state index in [9.17, 15) is 13.2 Å². The second-order valence-corrected chi connectivity index (χ2v) is 10.2. The fraction of sp³-hybridized carbons (Fsp3) is 0.435. The van der Waals surface area contributed by atoms with Gasteiger partial charge >= 0.3 is 5.97 Å². The molecule has 2 heterocycles. The first-order chi connectivity index (χ1) is 16.9. The Hall–Kier alpha value is -3.22. The number of esters is 1. The molecule has 4 rings (SSSR count). The van der Waals surface area contributed by atoms with Crippen LogP contribution in [0.2, 0.25) is 0 Å². The van der Waals surface area contributed by atoms with Crippen molar-refractivity contribution in [1.29, 1.82) is 0 Å². The second-order valence-electron chi connectivity index (χ2n) is 8.43. The van der Waals surface area contributed by atoms with Crippen molar-refractivity contribution in [2.75, 3.05) is 23.9 Å². The Bertz CT molecular complexity index is 1240. The Labute approximate surface area is 204 Å². The van der Waals surface area contributed by atoms with Gasteiger partial charge in [-0.2, -0.15) is 14.7 Å². The maximum Gasteiger partial charge on any atom is 0.321 e. The molecule has 2 aromatic heterocycles. The van der Waals surface area contributed by atoms with Crippen molar-refractivity contribution in [3.63, 3.8) is 0 Å². The Morgan fingerprint density at radius 1 is 1.17 bits per heavy atom. The maximum absolute atomic E-state index is 12.4. The molecule has 188 valence electrons. The molecule has 1 aliphatic carbocycles. The number of aromatic amines is 1. The normalized spacial score (nSPS) is 14.0. The first kappa shape index (κ1) is 24.9. The van der Waals surface area contributed by atoms with Crippen LogP contribution in [0.4, 0.5) is 11.8 Å². The minimum absolute atomic E-state index is 0.0720. The molecule has 0 aliphatic heterocycles. The predicted octanol–water partition coefficient (Wildman–Crippen LogP) is 2.66. The van der Waals surface area contributed by atoms with Crippen molar-refractivity contribution in [2.45, 2.75) is 56.5 Å². The Kier molecular flexibility index (Phi) is 8.16. The molecule has 0 bridgehead atoms. The van der Waals surface area contributed by atoms with Crippen LogP contribution >= 0.6 is 0 Å². The average Bonchev–Trinajstić information content (AvgIpc) is 3.29. The number of sulfonamides is 1. The zero-order valence-electron chi connectivity index (χ0n) is 19.6. The van der Waals surface area contributed by atoms with E-state index < -0.39 is 22.5 Å². The molecule has 0 unspecified atom stereocenters. The number of hydrogen-bond acceptors (Lipinski definition) is 9.